The molecule has 0 saturated carbocycles. The van der Waals surface area contributed by atoms with Crippen molar-refractivity contribution in [2.24, 2.45) is 0 Å². The molecule has 3 heterocycles. The summed E-state index contributed by atoms with van der Waals surface area (Å²) < 4.78 is 5.53. The molecule has 1 spiro atoms. The molecule has 4 atom stereocenters. The number of aliphatic hydroxyl groups excluding tert-OH is 1. The zero-order valence-corrected chi connectivity index (χ0v) is 17.9. The Hall–Kier alpha value is -1.87. The Kier molecular flexibility index (Phi) is 5.59. The first-order valence-corrected chi connectivity index (χ1v) is 10.4. The van der Waals surface area contributed by atoms with E-state index in [1.165, 1.54) is 9.80 Å². The van der Waals surface area contributed by atoms with E-state index in [9.17, 15) is 24.6 Å². The van der Waals surface area contributed by atoms with Crippen molar-refractivity contribution < 1.29 is 29.3 Å². The van der Waals surface area contributed by atoms with Gasteiger partial charge in [0, 0.05) is 19.1 Å². The second-order valence-corrected chi connectivity index (χ2v) is 9.44. The third-order valence-corrected chi connectivity index (χ3v) is 6.37. The standard InChI is InChI=1S/C20H33N3O6/c1-12-8-9-20(23(12)18(28)29-19(3,4)5)13(2)22(17(20)27)14(16(25)26)15(24)21-10-6-7-11-21/h12-14,16,25-26H,6-11H2,1-5H3/t12?,13?,14-,20?/m1/s1. The van der Waals surface area contributed by atoms with Gasteiger partial charge in [0.25, 0.3) is 11.8 Å². The van der Waals surface area contributed by atoms with Crippen molar-refractivity contribution in [3.05, 3.63) is 0 Å². The van der Waals surface area contributed by atoms with Crippen molar-refractivity contribution in [1.82, 2.24) is 14.7 Å². The van der Waals surface area contributed by atoms with Crippen LogP contribution in [0.5, 0.6) is 0 Å². The molecule has 0 aromatic heterocycles. The summed E-state index contributed by atoms with van der Waals surface area (Å²) in [5.41, 5.74) is -1.81. The average Bonchev–Trinajstić information content (AvgIpc) is 3.25. The van der Waals surface area contributed by atoms with E-state index in [-0.39, 0.29) is 6.04 Å². The number of nitrogens with zero attached hydrogens (tertiary/aromatic N) is 3. The van der Waals surface area contributed by atoms with E-state index in [1.54, 1.807) is 32.6 Å². The van der Waals surface area contributed by atoms with Gasteiger partial charge in [-0.15, -0.1) is 0 Å². The minimum Gasteiger partial charge on any atom is -0.444 e. The monoisotopic (exact) mass is 411 g/mol. The van der Waals surface area contributed by atoms with Crippen molar-refractivity contribution >= 4 is 17.9 Å². The zero-order chi connectivity index (χ0) is 21.7. The van der Waals surface area contributed by atoms with Crippen LogP contribution in [0.25, 0.3) is 0 Å². The molecule has 0 aromatic rings. The fourth-order valence-corrected chi connectivity index (χ4v) is 4.97. The van der Waals surface area contributed by atoms with Crippen molar-refractivity contribution in [2.45, 2.75) is 95.9 Å². The van der Waals surface area contributed by atoms with Crippen molar-refractivity contribution in [3.8, 4) is 0 Å². The number of β-lactam (4-membered cyclic amide) rings is 1. The number of rotatable bonds is 3. The highest BCUT2D eigenvalue weighted by Crippen LogP contribution is 2.48. The molecule has 3 rings (SSSR count). The van der Waals surface area contributed by atoms with Crippen LogP contribution >= 0.6 is 0 Å². The number of hydrogen-bond acceptors (Lipinski definition) is 6. The Morgan fingerprint density at radius 1 is 1.17 bits per heavy atom. The molecule has 0 bridgehead atoms. The van der Waals surface area contributed by atoms with E-state index in [4.69, 9.17) is 4.74 Å². The minimum atomic E-state index is -1.99. The van der Waals surface area contributed by atoms with Gasteiger partial charge in [-0.25, -0.2) is 4.79 Å². The molecule has 0 aromatic carbocycles. The van der Waals surface area contributed by atoms with Gasteiger partial charge in [-0.05, 0) is 60.3 Å². The summed E-state index contributed by atoms with van der Waals surface area (Å²) in [6.07, 6.45) is 0.260. The maximum atomic E-state index is 13.4. The highest BCUT2D eigenvalue weighted by Gasteiger charge is 2.69. The quantitative estimate of drug-likeness (QED) is 0.522. The normalized spacial score (nSPS) is 30.9. The Balaban J connectivity index is 1.86. The van der Waals surface area contributed by atoms with E-state index >= 15 is 0 Å². The van der Waals surface area contributed by atoms with Gasteiger partial charge in [-0.3, -0.25) is 14.5 Å². The van der Waals surface area contributed by atoms with Crippen molar-refractivity contribution in [3.63, 3.8) is 0 Å². The van der Waals surface area contributed by atoms with Crippen LogP contribution in [-0.2, 0) is 14.3 Å². The highest BCUT2D eigenvalue weighted by molar-refractivity contribution is 6.01. The number of hydrogen-bond donors (Lipinski definition) is 2. The summed E-state index contributed by atoms with van der Waals surface area (Å²) in [4.78, 5) is 43.4. The number of amides is 3. The lowest BCUT2D eigenvalue weighted by atomic mass is 9.76. The van der Waals surface area contributed by atoms with Crippen molar-refractivity contribution in [2.75, 3.05) is 13.1 Å². The molecule has 0 radical (unpaired) electrons. The zero-order valence-electron chi connectivity index (χ0n) is 17.9. The minimum absolute atomic E-state index is 0.190. The second kappa shape index (κ2) is 7.43. The van der Waals surface area contributed by atoms with Gasteiger partial charge in [0.15, 0.2) is 12.3 Å². The Morgan fingerprint density at radius 2 is 1.76 bits per heavy atom. The average molecular weight is 411 g/mol. The summed E-state index contributed by atoms with van der Waals surface area (Å²) >= 11 is 0. The van der Waals surface area contributed by atoms with Gasteiger partial charge in [0.05, 0.1) is 6.04 Å². The third kappa shape index (κ3) is 3.48. The van der Waals surface area contributed by atoms with Crippen LogP contribution in [0.2, 0.25) is 0 Å². The molecular weight excluding hydrogens is 378 g/mol. The van der Waals surface area contributed by atoms with E-state index in [0.717, 1.165) is 12.8 Å². The van der Waals surface area contributed by atoms with E-state index in [1.807, 2.05) is 6.92 Å². The SMILES string of the molecule is CC1CCC2(C(=O)N([C@H](C(=O)N3CCCC3)C(O)O)C2C)N1C(=O)OC(C)(C)C. The molecule has 3 aliphatic rings. The topological polar surface area (TPSA) is 111 Å². The summed E-state index contributed by atoms with van der Waals surface area (Å²) in [5, 5.41) is 19.9. The van der Waals surface area contributed by atoms with Crippen LogP contribution in [0.15, 0.2) is 0 Å². The maximum Gasteiger partial charge on any atom is 0.411 e. The van der Waals surface area contributed by atoms with E-state index in [2.05, 4.69) is 0 Å². The molecule has 2 N–H and O–H groups in total. The molecule has 3 aliphatic heterocycles. The number of aliphatic hydroxyl groups is 2. The first-order valence-electron chi connectivity index (χ1n) is 10.4. The summed E-state index contributed by atoms with van der Waals surface area (Å²) in [5.74, 6) is -0.881. The number of likely N-dealkylation sites (tertiary alicyclic amines) is 3. The van der Waals surface area contributed by atoms with Crippen molar-refractivity contribution in [1.29, 1.82) is 0 Å². The lowest BCUT2D eigenvalue weighted by Gasteiger charge is -2.59. The van der Waals surface area contributed by atoms with Crippen LogP contribution in [0.3, 0.4) is 0 Å². The lowest BCUT2D eigenvalue weighted by Crippen LogP contribution is -2.82. The number of ether oxygens (including phenoxy) is 1. The third-order valence-electron chi connectivity index (χ3n) is 6.37. The fourth-order valence-electron chi connectivity index (χ4n) is 4.97. The van der Waals surface area contributed by atoms with Gasteiger partial charge in [0.1, 0.15) is 11.1 Å². The molecule has 9 nitrogen and oxygen atoms in total. The Bertz CT molecular complexity index is 684. The molecule has 3 fully saturated rings. The molecule has 164 valence electrons. The first kappa shape index (κ1) is 21.8. The van der Waals surface area contributed by atoms with Gasteiger partial charge < -0.3 is 24.7 Å². The number of carbonyl (C=O) groups excluding carboxylic acids is 3. The maximum absolute atomic E-state index is 13.4. The molecule has 3 saturated heterocycles. The predicted molar refractivity (Wildman–Crippen MR) is 104 cm³/mol. The first-order chi connectivity index (χ1) is 13.4. The summed E-state index contributed by atoms with van der Waals surface area (Å²) in [6, 6.07) is -2.09. The fraction of sp³-hybridized carbons (Fsp3) is 0.850. The molecule has 3 unspecified atom stereocenters. The Morgan fingerprint density at radius 3 is 2.24 bits per heavy atom. The molecule has 29 heavy (non-hydrogen) atoms. The van der Waals surface area contributed by atoms with Crippen LogP contribution in [0, 0.1) is 0 Å². The molecule has 9 heteroatoms. The summed E-state index contributed by atoms with van der Waals surface area (Å²) in [7, 11) is 0. The van der Waals surface area contributed by atoms with Crippen LogP contribution in [-0.4, -0.2) is 91.5 Å². The van der Waals surface area contributed by atoms with Gasteiger partial charge in [0.2, 0.25) is 0 Å². The van der Waals surface area contributed by atoms with E-state index in [0.29, 0.717) is 25.9 Å². The Labute approximate surface area is 171 Å². The van der Waals surface area contributed by atoms with Crippen LogP contribution in [0.1, 0.15) is 60.3 Å². The molecule has 0 aliphatic carbocycles. The largest absolute Gasteiger partial charge is 0.444 e. The summed E-state index contributed by atoms with van der Waals surface area (Å²) in [6.45, 7) is 10.0. The smallest absolute Gasteiger partial charge is 0.411 e. The van der Waals surface area contributed by atoms with Crippen LogP contribution in [0.4, 0.5) is 4.79 Å². The lowest BCUT2D eigenvalue weighted by molar-refractivity contribution is -0.199. The molecule has 3 amide bonds. The second-order valence-electron chi connectivity index (χ2n) is 9.44. The van der Waals surface area contributed by atoms with Gasteiger partial charge >= 0.3 is 6.09 Å². The number of carbonyl (C=O) groups is 3. The van der Waals surface area contributed by atoms with Gasteiger partial charge in [-0.1, -0.05) is 0 Å². The molecular formula is C20H33N3O6. The van der Waals surface area contributed by atoms with Crippen LogP contribution < -0.4 is 0 Å². The van der Waals surface area contributed by atoms with E-state index < -0.39 is 47.4 Å². The predicted octanol–water partition coefficient (Wildman–Crippen LogP) is 0.677. The highest BCUT2D eigenvalue weighted by atomic mass is 16.6. The van der Waals surface area contributed by atoms with Gasteiger partial charge in [-0.2, -0.15) is 0 Å².